The molecule has 10 aromatic rings. The van der Waals surface area contributed by atoms with Gasteiger partial charge in [-0.2, -0.15) is 0 Å². The van der Waals surface area contributed by atoms with Gasteiger partial charge in [0.05, 0.1) is 5.69 Å². The maximum atomic E-state index is 6.32. The average Bonchev–Trinajstić information content (AvgIpc) is 3.81. The van der Waals surface area contributed by atoms with Crippen LogP contribution in [-0.4, -0.2) is 0 Å². The minimum absolute atomic E-state index is 0.0212. The minimum Gasteiger partial charge on any atom is -0.456 e. The van der Waals surface area contributed by atoms with Gasteiger partial charge in [-0.3, -0.25) is 0 Å². The quantitative estimate of drug-likeness (QED) is 0.166. The molecular weight excluding hydrogens is 787 g/mol. The molecule has 0 radical (unpaired) electrons. The van der Waals surface area contributed by atoms with E-state index >= 15 is 0 Å². The second kappa shape index (κ2) is 15.0. The number of hydrogen-bond acceptors (Lipinski definition) is 2. The van der Waals surface area contributed by atoms with Gasteiger partial charge in [0.2, 0.25) is 0 Å². The molecule has 1 heterocycles. The third-order valence-electron chi connectivity index (χ3n) is 14.0. The van der Waals surface area contributed by atoms with Crippen molar-refractivity contribution in [2.45, 2.75) is 71.6 Å². The molecule has 2 heteroatoms. The Kier molecular flexibility index (Phi) is 9.35. The molecule has 0 saturated heterocycles. The summed E-state index contributed by atoms with van der Waals surface area (Å²) in [5.41, 5.74) is 20.4. The summed E-state index contributed by atoms with van der Waals surface area (Å²) in [6, 6.07) is 69.3. The molecule has 0 fully saturated rings. The molecule has 9 aromatic carbocycles. The zero-order valence-electron chi connectivity index (χ0n) is 38.8. The lowest BCUT2D eigenvalue weighted by molar-refractivity contribution is 0.564. The van der Waals surface area contributed by atoms with E-state index in [1.807, 2.05) is 6.07 Å². The Bertz CT molecular complexity index is 3450. The molecule has 0 atom stereocenters. The Morgan fingerprint density at radius 1 is 0.431 bits per heavy atom. The van der Waals surface area contributed by atoms with Gasteiger partial charge in [-0.1, -0.05) is 201 Å². The smallest absolute Gasteiger partial charge is 0.136 e. The molecule has 11 rings (SSSR count). The molecule has 0 unspecified atom stereocenters. The van der Waals surface area contributed by atoms with Crippen LogP contribution in [0.4, 0.5) is 17.1 Å². The number of hydrogen-bond donors (Lipinski definition) is 0. The van der Waals surface area contributed by atoms with Gasteiger partial charge < -0.3 is 9.32 Å². The van der Waals surface area contributed by atoms with Gasteiger partial charge in [-0.25, -0.2) is 0 Å². The third kappa shape index (κ3) is 6.69. The van der Waals surface area contributed by atoms with Crippen LogP contribution in [0.3, 0.4) is 0 Å². The molecule has 0 amide bonds. The van der Waals surface area contributed by atoms with Crippen molar-refractivity contribution in [1.82, 2.24) is 0 Å². The summed E-state index contributed by atoms with van der Waals surface area (Å²) < 4.78 is 6.32. The predicted molar refractivity (Wildman–Crippen MR) is 277 cm³/mol. The van der Waals surface area contributed by atoms with E-state index in [1.165, 1.54) is 66.4 Å². The highest BCUT2D eigenvalue weighted by molar-refractivity contribution is 6.12. The van der Waals surface area contributed by atoms with Crippen LogP contribution in [0, 0.1) is 0 Å². The number of fused-ring (bicyclic) bond motifs is 7. The molecular formula is C63H55NO. The number of benzene rings is 9. The monoisotopic (exact) mass is 841 g/mol. The van der Waals surface area contributed by atoms with Crippen LogP contribution in [0.15, 0.2) is 192 Å². The van der Waals surface area contributed by atoms with Crippen LogP contribution in [-0.2, 0) is 16.2 Å². The van der Waals surface area contributed by atoms with Gasteiger partial charge in [0.15, 0.2) is 0 Å². The third-order valence-corrected chi connectivity index (χ3v) is 14.0. The van der Waals surface area contributed by atoms with Crippen LogP contribution < -0.4 is 4.90 Å². The zero-order chi connectivity index (χ0) is 44.8. The van der Waals surface area contributed by atoms with E-state index in [0.717, 1.165) is 50.1 Å². The average molecular weight is 842 g/mol. The van der Waals surface area contributed by atoms with Gasteiger partial charge in [-0.15, -0.1) is 0 Å². The lowest BCUT2D eigenvalue weighted by Crippen LogP contribution is -2.21. The van der Waals surface area contributed by atoms with E-state index in [0.29, 0.717) is 0 Å². The molecule has 65 heavy (non-hydrogen) atoms. The van der Waals surface area contributed by atoms with Gasteiger partial charge in [0, 0.05) is 33.1 Å². The van der Waals surface area contributed by atoms with Crippen molar-refractivity contribution < 1.29 is 4.42 Å². The van der Waals surface area contributed by atoms with Crippen LogP contribution >= 0.6 is 0 Å². The van der Waals surface area contributed by atoms with Crippen molar-refractivity contribution in [3.63, 3.8) is 0 Å². The molecule has 1 aliphatic carbocycles. The first-order valence-electron chi connectivity index (χ1n) is 23.1. The topological polar surface area (TPSA) is 16.4 Å². The van der Waals surface area contributed by atoms with Crippen LogP contribution in [0.5, 0.6) is 0 Å². The molecule has 0 saturated carbocycles. The van der Waals surface area contributed by atoms with Crippen molar-refractivity contribution in [1.29, 1.82) is 0 Å². The fourth-order valence-electron chi connectivity index (χ4n) is 10.5. The maximum absolute atomic E-state index is 6.32. The summed E-state index contributed by atoms with van der Waals surface area (Å²) in [6.45, 7) is 19.0. The second-order valence-corrected chi connectivity index (χ2v) is 20.5. The van der Waals surface area contributed by atoms with Gasteiger partial charge in [0.1, 0.15) is 11.2 Å². The van der Waals surface area contributed by atoms with E-state index in [4.69, 9.17) is 4.42 Å². The van der Waals surface area contributed by atoms with Crippen LogP contribution in [0.2, 0.25) is 0 Å². The predicted octanol–water partition coefficient (Wildman–Crippen LogP) is 18.1. The highest BCUT2D eigenvalue weighted by Crippen LogP contribution is 2.57. The lowest BCUT2D eigenvalue weighted by atomic mass is 9.74. The maximum Gasteiger partial charge on any atom is 0.136 e. The summed E-state index contributed by atoms with van der Waals surface area (Å²) in [5.74, 6) is 0. The summed E-state index contributed by atoms with van der Waals surface area (Å²) in [7, 11) is 0. The summed E-state index contributed by atoms with van der Waals surface area (Å²) >= 11 is 0. The Hall–Kier alpha value is -7.16. The summed E-state index contributed by atoms with van der Waals surface area (Å²) in [6.07, 6.45) is 0. The molecule has 0 aliphatic heterocycles. The van der Waals surface area contributed by atoms with Crippen molar-refractivity contribution in [3.05, 3.63) is 210 Å². The van der Waals surface area contributed by atoms with Crippen LogP contribution in [0.25, 0.3) is 77.2 Å². The van der Waals surface area contributed by atoms with E-state index < -0.39 is 0 Å². The van der Waals surface area contributed by atoms with Gasteiger partial charge in [0.25, 0.3) is 0 Å². The summed E-state index contributed by atoms with van der Waals surface area (Å²) in [4.78, 5) is 2.45. The zero-order valence-corrected chi connectivity index (χ0v) is 38.8. The number of anilines is 3. The highest BCUT2D eigenvalue weighted by Gasteiger charge is 2.41. The standard InChI is InChI=1S/C63H55NO/c1-61(2,3)43-38-53(62(4,5)6)60-54(39-43)63(7,8)52-26-16-25-50(59(52)60)49-21-11-13-27-55(49)64(44-34-30-41(31-35-44)47-23-15-19-40-18-9-10-20-46(40)47)45-36-32-42(33-37-45)48-24-17-29-57-58(48)51-22-12-14-28-56(51)65-57/h9-39H,1-8H3. The second-order valence-electron chi connectivity index (χ2n) is 20.5. The first kappa shape index (κ1) is 40.6. The Balaban J connectivity index is 1.11. The Morgan fingerprint density at radius 2 is 0.985 bits per heavy atom. The van der Waals surface area contributed by atoms with Crippen molar-refractivity contribution in [3.8, 4) is 44.5 Å². The van der Waals surface area contributed by atoms with Gasteiger partial charge in [-0.05, 0) is 125 Å². The minimum atomic E-state index is -0.174. The lowest BCUT2D eigenvalue weighted by Gasteiger charge is -2.31. The summed E-state index contributed by atoms with van der Waals surface area (Å²) in [5, 5.41) is 4.78. The number of nitrogens with zero attached hydrogens (tertiary/aromatic N) is 1. The van der Waals surface area contributed by atoms with Crippen molar-refractivity contribution >= 4 is 49.8 Å². The van der Waals surface area contributed by atoms with Gasteiger partial charge >= 0.3 is 0 Å². The van der Waals surface area contributed by atoms with Crippen molar-refractivity contribution in [2.24, 2.45) is 0 Å². The van der Waals surface area contributed by atoms with Crippen molar-refractivity contribution in [2.75, 3.05) is 4.90 Å². The Morgan fingerprint density at radius 3 is 1.71 bits per heavy atom. The largest absolute Gasteiger partial charge is 0.456 e. The molecule has 0 N–H and O–H groups in total. The Labute approximate surface area is 383 Å². The fourth-order valence-corrected chi connectivity index (χ4v) is 10.5. The highest BCUT2D eigenvalue weighted by atomic mass is 16.3. The number of para-hydroxylation sites is 2. The molecule has 0 bridgehead atoms. The first-order valence-corrected chi connectivity index (χ1v) is 23.1. The van der Waals surface area contributed by atoms with E-state index in [9.17, 15) is 0 Å². The van der Waals surface area contributed by atoms with E-state index in [1.54, 1.807) is 0 Å². The normalized spacial score (nSPS) is 13.4. The molecule has 1 aromatic heterocycles. The van der Waals surface area contributed by atoms with Crippen LogP contribution in [0.1, 0.15) is 77.6 Å². The molecule has 2 nitrogen and oxygen atoms in total. The SMILES string of the molecule is CC(C)(C)c1cc(C(C)(C)C)c2c(c1)C(C)(C)c1cccc(-c3ccccc3N(c3ccc(-c4cccc5ccccc45)cc3)c3ccc(-c4cccc5oc6ccccc6c45)cc3)c1-2. The van der Waals surface area contributed by atoms with E-state index in [2.05, 4.69) is 242 Å². The number of furan rings is 1. The first-order chi connectivity index (χ1) is 31.3. The number of rotatable bonds is 6. The molecule has 318 valence electrons. The van der Waals surface area contributed by atoms with E-state index in [-0.39, 0.29) is 16.2 Å². The molecule has 0 spiro atoms. The molecule has 1 aliphatic rings. The fraction of sp³-hybridized carbons (Fsp3) is 0.175.